The molecule has 0 unspecified atom stereocenters. The Labute approximate surface area is 141 Å². The molecule has 8 heteroatoms. The molecule has 130 valence electrons. The largest absolute Gasteiger partial charge is 0.353 e. The summed E-state index contributed by atoms with van der Waals surface area (Å²) in [7, 11) is 0. The fourth-order valence-corrected chi connectivity index (χ4v) is 3.08. The van der Waals surface area contributed by atoms with Gasteiger partial charge in [-0.2, -0.15) is 0 Å². The Kier molecular flexibility index (Phi) is 5.58. The van der Waals surface area contributed by atoms with Gasteiger partial charge in [0.2, 0.25) is 17.8 Å². The van der Waals surface area contributed by atoms with Crippen molar-refractivity contribution in [1.82, 2.24) is 25.1 Å². The highest BCUT2D eigenvalue weighted by Gasteiger charge is 2.22. The third-order valence-electron chi connectivity index (χ3n) is 4.46. The lowest BCUT2D eigenvalue weighted by atomic mass is 10.3. The molecule has 2 aliphatic heterocycles. The number of likely N-dealkylation sites (tertiary alicyclic amines) is 1. The van der Waals surface area contributed by atoms with E-state index in [1.165, 1.54) is 0 Å². The number of rotatable bonds is 6. The second-order valence-corrected chi connectivity index (χ2v) is 6.15. The van der Waals surface area contributed by atoms with Crippen molar-refractivity contribution in [2.45, 2.75) is 12.8 Å². The summed E-state index contributed by atoms with van der Waals surface area (Å²) in [6, 6.07) is 1.82. The zero-order valence-corrected chi connectivity index (χ0v) is 13.9. The van der Waals surface area contributed by atoms with E-state index in [9.17, 15) is 9.59 Å². The lowest BCUT2D eigenvalue weighted by molar-refractivity contribution is -0.133. The van der Waals surface area contributed by atoms with Crippen LogP contribution >= 0.6 is 0 Å². The smallest absolute Gasteiger partial charge is 0.239 e. The highest BCUT2D eigenvalue weighted by Crippen LogP contribution is 2.09. The Hall–Kier alpha value is -2.22. The van der Waals surface area contributed by atoms with Crippen molar-refractivity contribution in [3.63, 3.8) is 0 Å². The molecule has 0 radical (unpaired) electrons. The lowest BCUT2D eigenvalue weighted by Crippen LogP contribution is -2.49. The van der Waals surface area contributed by atoms with Crippen LogP contribution in [0.3, 0.4) is 0 Å². The lowest BCUT2D eigenvalue weighted by Gasteiger charge is -2.34. The first kappa shape index (κ1) is 16.6. The number of hydrogen-bond acceptors (Lipinski definition) is 6. The number of amides is 2. The average Bonchev–Trinajstić information content (AvgIpc) is 3.01. The summed E-state index contributed by atoms with van der Waals surface area (Å²) in [5.41, 5.74) is 0. The zero-order chi connectivity index (χ0) is 16.8. The molecule has 0 aromatic carbocycles. The number of nitrogens with one attached hydrogen (secondary N) is 1. The van der Waals surface area contributed by atoms with E-state index >= 15 is 0 Å². The molecule has 1 aromatic rings. The maximum absolute atomic E-state index is 11.9. The van der Waals surface area contributed by atoms with Crippen LogP contribution in [0.2, 0.25) is 0 Å². The minimum absolute atomic E-state index is 0.0680. The van der Waals surface area contributed by atoms with Crippen LogP contribution in [0.5, 0.6) is 0 Å². The van der Waals surface area contributed by atoms with Gasteiger partial charge in [-0.3, -0.25) is 14.5 Å². The molecular formula is C16H24N6O2. The number of hydrogen-bond donors (Lipinski definition) is 1. The van der Waals surface area contributed by atoms with E-state index < -0.39 is 0 Å². The fraction of sp³-hybridized carbons (Fsp3) is 0.625. The van der Waals surface area contributed by atoms with E-state index in [-0.39, 0.29) is 18.4 Å². The van der Waals surface area contributed by atoms with Crippen LogP contribution in [0.15, 0.2) is 18.5 Å². The second kappa shape index (κ2) is 8.05. The standard InChI is InChI=1S/C16H24N6O2/c23-14(13-22-7-1-3-15(22)24)17-6-8-20-9-11-21(12-10-20)16-18-4-2-5-19-16/h2,4-5H,1,3,6-13H2,(H,17,23). The van der Waals surface area contributed by atoms with Crippen LogP contribution in [-0.2, 0) is 9.59 Å². The predicted molar refractivity (Wildman–Crippen MR) is 89.5 cm³/mol. The number of aromatic nitrogens is 2. The molecule has 3 rings (SSSR count). The Morgan fingerprint density at radius 1 is 1.12 bits per heavy atom. The van der Waals surface area contributed by atoms with Gasteiger partial charge in [-0.15, -0.1) is 0 Å². The van der Waals surface area contributed by atoms with Crippen molar-refractivity contribution in [3.8, 4) is 0 Å². The van der Waals surface area contributed by atoms with Gasteiger partial charge in [0.1, 0.15) is 0 Å². The molecule has 0 bridgehead atoms. The summed E-state index contributed by atoms with van der Waals surface area (Å²) in [5.74, 6) is 0.798. The first-order valence-electron chi connectivity index (χ1n) is 8.51. The van der Waals surface area contributed by atoms with E-state index in [0.29, 0.717) is 19.5 Å². The van der Waals surface area contributed by atoms with Crippen molar-refractivity contribution < 1.29 is 9.59 Å². The maximum Gasteiger partial charge on any atom is 0.239 e. The predicted octanol–water partition coefficient (Wildman–Crippen LogP) is -0.663. The first-order valence-corrected chi connectivity index (χ1v) is 8.51. The first-order chi connectivity index (χ1) is 11.7. The van der Waals surface area contributed by atoms with Crippen LogP contribution < -0.4 is 10.2 Å². The van der Waals surface area contributed by atoms with Crippen LogP contribution in [0.1, 0.15) is 12.8 Å². The quantitative estimate of drug-likeness (QED) is 0.745. The molecule has 3 heterocycles. The van der Waals surface area contributed by atoms with Gasteiger partial charge >= 0.3 is 0 Å². The summed E-state index contributed by atoms with van der Waals surface area (Å²) in [4.78, 5) is 38.1. The topological polar surface area (TPSA) is 81.7 Å². The van der Waals surface area contributed by atoms with Gasteiger partial charge in [0.25, 0.3) is 0 Å². The van der Waals surface area contributed by atoms with E-state index in [2.05, 4.69) is 25.1 Å². The van der Waals surface area contributed by atoms with E-state index in [1.807, 2.05) is 6.07 Å². The highest BCUT2D eigenvalue weighted by molar-refractivity contribution is 5.85. The Morgan fingerprint density at radius 3 is 2.54 bits per heavy atom. The van der Waals surface area contributed by atoms with Gasteiger partial charge in [-0.1, -0.05) is 0 Å². The van der Waals surface area contributed by atoms with Gasteiger partial charge in [0, 0.05) is 64.6 Å². The van der Waals surface area contributed by atoms with Crippen LogP contribution in [0, 0.1) is 0 Å². The molecule has 2 fully saturated rings. The normalized spacial score (nSPS) is 18.9. The minimum atomic E-state index is -0.0680. The van der Waals surface area contributed by atoms with E-state index in [4.69, 9.17) is 0 Å². The molecular weight excluding hydrogens is 308 g/mol. The van der Waals surface area contributed by atoms with Crippen molar-refractivity contribution >= 4 is 17.8 Å². The third-order valence-corrected chi connectivity index (χ3v) is 4.46. The molecule has 0 saturated carbocycles. The number of nitrogens with zero attached hydrogens (tertiary/aromatic N) is 5. The molecule has 8 nitrogen and oxygen atoms in total. The van der Waals surface area contributed by atoms with Gasteiger partial charge in [-0.25, -0.2) is 9.97 Å². The second-order valence-electron chi connectivity index (χ2n) is 6.15. The minimum Gasteiger partial charge on any atom is -0.353 e. The SMILES string of the molecule is O=C(CN1CCCC1=O)NCCN1CCN(c2ncccn2)CC1. The Bertz CT molecular complexity index is 559. The average molecular weight is 332 g/mol. The third kappa shape index (κ3) is 4.41. The van der Waals surface area contributed by atoms with Gasteiger partial charge in [-0.05, 0) is 12.5 Å². The summed E-state index contributed by atoms with van der Waals surface area (Å²) < 4.78 is 0. The summed E-state index contributed by atoms with van der Waals surface area (Å²) >= 11 is 0. The fourth-order valence-electron chi connectivity index (χ4n) is 3.08. The molecule has 1 N–H and O–H groups in total. The molecule has 1 aromatic heterocycles. The van der Waals surface area contributed by atoms with Crippen molar-refractivity contribution in [3.05, 3.63) is 18.5 Å². The molecule has 0 atom stereocenters. The Morgan fingerprint density at radius 2 is 1.88 bits per heavy atom. The maximum atomic E-state index is 11.9. The van der Waals surface area contributed by atoms with Crippen molar-refractivity contribution in [1.29, 1.82) is 0 Å². The summed E-state index contributed by atoms with van der Waals surface area (Å²) in [6.07, 6.45) is 4.95. The molecule has 24 heavy (non-hydrogen) atoms. The molecule has 2 aliphatic rings. The number of piperazine rings is 1. The molecule has 0 spiro atoms. The zero-order valence-electron chi connectivity index (χ0n) is 13.9. The van der Waals surface area contributed by atoms with Crippen molar-refractivity contribution in [2.24, 2.45) is 0 Å². The van der Waals surface area contributed by atoms with Crippen molar-refractivity contribution in [2.75, 3.05) is 57.3 Å². The Balaban J connectivity index is 1.32. The number of carbonyl (C=O) groups is 2. The van der Waals surface area contributed by atoms with Crippen LogP contribution in [0.4, 0.5) is 5.95 Å². The molecule has 2 amide bonds. The van der Waals surface area contributed by atoms with Gasteiger partial charge < -0.3 is 15.1 Å². The highest BCUT2D eigenvalue weighted by atomic mass is 16.2. The number of carbonyl (C=O) groups excluding carboxylic acids is 2. The van der Waals surface area contributed by atoms with E-state index in [0.717, 1.165) is 45.1 Å². The molecule has 0 aliphatic carbocycles. The van der Waals surface area contributed by atoms with E-state index in [1.54, 1.807) is 17.3 Å². The monoisotopic (exact) mass is 332 g/mol. The van der Waals surface area contributed by atoms with Gasteiger partial charge in [0.15, 0.2) is 0 Å². The van der Waals surface area contributed by atoms with Crippen LogP contribution in [0.25, 0.3) is 0 Å². The summed E-state index contributed by atoms with van der Waals surface area (Å²) in [5, 5.41) is 2.91. The summed E-state index contributed by atoms with van der Waals surface area (Å²) in [6.45, 7) is 5.97. The van der Waals surface area contributed by atoms with Crippen LogP contribution in [-0.4, -0.2) is 83.9 Å². The van der Waals surface area contributed by atoms with Gasteiger partial charge in [0.05, 0.1) is 6.54 Å². The molecule has 2 saturated heterocycles. The number of anilines is 1.